The van der Waals surface area contributed by atoms with Crippen LogP contribution in [0, 0.1) is 0 Å². The number of hydrogen-bond acceptors (Lipinski definition) is 4. The number of nitrogens with one attached hydrogen (secondary N) is 1. The summed E-state index contributed by atoms with van der Waals surface area (Å²) in [7, 11) is -3.47. The molecule has 0 saturated heterocycles. The SMILES string of the molecule is CC(C)(C)N1CCNS(=O)(=O)c2cc(N)ccc21. The number of rotatable bonds is 0. The van der Waals surface area contributed by atoms with Gasteiger partial charge in [-0.1, -0.05) is 0 Å². The van der Waals surface area contributed by atoms with Gasteiger partial charge in [0.15, 0.2) is 0 Å². The van der Waals surface area contributed by atoms with Crippen molar-refractivity contribution >= 4 is 21.4 Å². The van der Waals surface area contributed by atoms with Crippen LogP contribution in [-0.2, 0) is 10.0 Å². The number of nitrogens with two attached hydrogens (primary N) is 1. The van der Waals surface area contributed by atoms with Gasteiger partial charge in [0.05, 0.1) is 5.69 Å². The molecule has 6 heteroatoms. The minimum absolute atomic E-state index is 0.146. The average Bonchev–Trinajstić information content (AvgIpc) is 2.35. The first-order valence-corrected chi connectivity index (χ1v) is 7.37. The lowest BCUT2D eigenvalue weighted by Gasteiger charge is -2.37. The van der Waals surface area contributed by atoms with Crippen LogP contribution in [-0.4, -0.2) is 27.0 Å². The van der Waals surface area contributed by atoms with Crippen molar-refractivity contribution in [2.24, 2.45) is 0 Å². The van der Waals surface area contributed by atoms with Crippen molar-refractivity contribution < 1.29 is 8.42 Å². The van der Waals surface area contributed by atoms with Crippen LogP contribution in [0.5, 0.6) is 0 Å². The Balaban J connectivity index is 2.67. The monoisotopic (exact) mass is 269 g/mol. The van der Waals surface area contributed by atoms with E-state index in [2.05, 4.69) is 30.4 Å². The standard InChI is InChI=1S/C12H19N3O2S/c1-12(2,3)15-7-6-14-18(16,17)11-8-9(13)4-5-10(11)15/h4-5,8,14H,6-7,13H2,1-3H3. The highest BCUT2D eigenvalue weighted by molar-refractivity contribution is 7.89. The average molecular weight is 269 g/mol. The molecule has 0 atom stereocenters. The number of nitrogen functional groups attached to an aromatic ring is 1. The number of benzene rings is 1. The van der Waals surface area contributed by atoms with Gasteiger partial charge in [-0.15, -0.1) is 0 Å². The summed E-state index contributed by atoms with van der Waals surface area (Å²) in [6.07, 6.45) is 0. The number of anilines is 2. The molecule has 0 unspecified atom stereocenters. The molecule has 2 rings (SSSR count). The molecule has 0 radical (unpaired) electrons. The van der Waals surface area contributed by atoms with Crippen molar-refractivity contribution in [3.8, 4) is 0 Å². The second-order valence-electron chi connectivity index (χ2n) is 5.45. The smallest absolute Gasteiger partial charge is 0.242 e. The third-order valence-electron chi connectivity index (χ3n) is 3.00. The van der Waals surface area contributed by atoms with Crippen molar-refractivity contribution in [3.63, 3.8) is 0 Å². The van der Waals surface area contributed by atoms with Gasteiger partial charge in [-0.25, -0.2) is 13.1 Å². The molecule has 1 heterocycles. The van der Waals surface area contributed by atoms with E-state index in [0.29, 0.717) is 24.5 Å². The molecule has 0 aliphatic carbocycles. The van der Waals surface area contributed by atoms with E-state index in [4.69, 9.17) is 5.73 Å². The zero-order chi connectivity index (χ0) is 13.6. The molecule has 1 aromatic rings. The highest BCUT2D eigenvalue weighted by Gasteiger charge is 2.31. The third-order valence-corrected chi connectivity index (χ3v) is 4.49. The molecule has 0 bridgehead atoms. The molecule has 0 amide bonds. The Morgan fingerprint density at radius 1 is 1.33 bits per heavy atom. The number of hydrogen-bond donors (Lipinski definition) is 2. The molecule has 0 saturated carbocycles. The van der Waals surface area contributed by atoms with Gasteiger partial charge in [-0.05, 0) is 39.0 Å². The van der Waals surface area contributed by atoms with E-state index in [0.717, 1.165) is 0 Å². The van der Waals surface area contributed by atoms with Crippen molar-refractivity contribution in [1.82, 2.24) is 4.72 Å². The molecule has 1 aliphatic heterocycles. The van der Waals surface area contributed by atoms with Gasteiger partial charge in [0, 0.05) is 24.3 Å². The van der Waals surface area contributed by atoms with Crippen LogP contribution in [0.1, 0.15) is 20.8 Å². The number of fused-ring (bicyclic) bond motifs is 1. The van der Waals surface area contributed by atoms with E-state index in [1.807, 2.05) is 0 Å². The van der Waals surface area contributed by atoms with Gasteiger partial charge >= 0.3 is 0 Å². The summed E-state index contributed by atoms with van der Waals surface area (Å²) in [4.78, 5) is 2.34. The molecule has 0 spiro atoms. The van der Waals surface area contributed by atoms with E-state index in [9.17, 15) is 8.42 Å². The fourth-order valence-corrected chi connectivity index (χ4v) is 3.42. The first-order chi connectivity index (χ1) is 8.22. The topological polar surface area (TPSA) is 75.4 Å². The van der Waals surface area contributed by atoms with Gasteiger partial charge in [0.2, 0.25) is 10.0 Å². The van der Waals surface area contributed by atoms with E-state index in [1.54, 1.807) is 12.1 Å². The molecular weight excluding hydrogens is 250 g/mol. The Labute approximate surface area is 108 Å². The summed E-state index contributed by atoms with van der Waals surface area (Å²) >= 11 is 0. The maximum Gasteiger partial charge on any atom is 0.242 e. The molecule has 100 valence electrons. The van der Waals surface area contributed by atoms with E-state index < -0.39 is 10.0 Å². The summed E-state index contributed by atoms with van der Waals surface area (Å²) in [6, 6.07) is 5.03. The lowest BCUT2D eigenvalue weighted by molar-refractivity contribution is 0.503. The van der Waals surface area contributed by atoms with Gasteiger partial charge in [0.1, 0.15) is 4.90 Å². The molecule has 18 heavy (non-hydrogen) atoms. The predicted molar refractivity (Wildman–Crippen MR) is 73.1 cm³/mol. The molecule has 1 aliphatic rings. The normalized spacial score (nSPS) is 19.2. The summed E-state index contributed by atoms with van der Waals surface area (Å²) < 4.78 is 26.8. The van der Waals surface area contributed by atoms with Crippen LogP contribution >= 0.6 is 0 Å². The van der Waals surface area contributed by atoms with Crippen molar-refractivity contribution in [2.75, 3.05) is 23.7 Å². The second kappa shape index (κ2) is 4.13. The minimum atomic E-state index is -3.47. The van der Waals surface area contributed by atoms with E-state index >= 15 is 0 Å². The molecule has 0 aromatic heterocycles. The fraction of sp³-hybridized carbons (Fsp3) is 0.500. The molecule has 3 N–H and O–H groups in total. The van der Waals surface area contributed by atoms with Gasteiger partial charge in [-0.3, -0.25) is 0 Å². The first kappa shape index (κ1) is 13.2. The van der Waals surface area contributed by atoms with Crippen LogP contribution in [0.25, 0.3) is 0 Å². The Kier molecular flexibility index (Phi) is 3.03. The maximum atomic E-state index is 12.1. The summed E-state index contributed by atoms with van der Waals surface area (Å²) in [5.74, 6) is 0. The Bertz CT molecular complexity index is 561. The zero-order valence-electron chi connectivity index (χ0n) is 10.9. The highest BCUT2D eigenvalue weighted by atomic mass is 32.2. The van der Waals surface area contributed by atoms with Crippen molar-refractivity contribution in [3.05, 3.63) is 18.2 Å². The first-order valence-electron chi connectivity index (χ1n) is 5.89. The number of nitrogens with zero attached hydrogens (tertiary/aromatic N) is 1. The largest absolute Gasteiger partial charge is 0.399 e. The zero-order valence-corrected chi connectivity index (χ0v) is 11.7. The number of sulfonamides is 1. The van der Waals surface area contributed by atoms with E-state index in [1.165, 1.54) is 6.07 Å². The fourth-order valence-electron chi connectivity index (χ4n) is 2.16. The van der Waals surface area contributed by atoms with Crippen LogP contribution in [0.4, 0.5) is 11.4 Å². The Hall–Kier alpha value is -1.27. The maximum absolute atomic E-state index is 12.1. The molecule has 0 fully saturated rings. The molecular formula is C12H19N3O2S. The highest BCUT2D eigenvalue weighted by Crippen LogP contribution is 2.33. The molecule has 1 aromatic carbocycles. The van der Waals surface area contributed by atoms with Crippen LogP contribution in [0.3, 0.4) is 0 Å². The second-order valence-corrected chi connectivity index (χ2v) is 7.18. The van der Waals surface area contributed by atoms with Crippen LogP contribution in [0.2, 0.25) is 0 Å². The van der Waals surface area contributed by atoms with Crippen molar-refractivity contribution in [2.45, 2.75) is 31.2 Å². The quantitative estimate of drug-likeness (QED) is 0.693. The van der Waals surface area contributed by atoms with Gasteiger partial charge < -0.3 is 10.6 Å². The summed E-state index contributed by atoms with van der Waals surface area (Å²) in [5.41, 5.74) is 6.71. The van der Waals surface area contributed by atoms with Crippen LogP contribution < -0.4 is 15.4 Å². The molecule has 5 nitrogen and oxygen atoms in total. The summed E-state index contributed by atoms with van der Waals surface area (Å²) in [5, 5.41) is 0. The Morgan fingerprint density at radius 3 is 2.61 bits per heavy atom. The minimum Gasteiger partial charge on any atom is -0.399 e. The van der Waals surface area contributed by atoms with Crippen molar-refractivity contribution in [1.29, 1.82) is 0 Å². The lowest BCUT2D eigenvalue weighted by Crippen LogP contribution is -2.43. The van der Waals surface area contributed by atoms with Crippen LogP contribution in [0.15, 0.2) is 23.1 Å². The lowest BCUT2D eigenvalue weighted by atomic mass is 10.0. The third kappa shape index (κ3) is 2.30. The summed E-state index contributed by atoms with van der Waals surface area (Å²) in [6.45, 7) is 7.22. The van der Waals surface area contributed by atoms with E-state index in [-0.39, 0.29) is 10.4 Å². The Morgan fingerprint density at radius 2 is 2.00 bits per heavy atom. The van der Waals surface area contributed by atoms with Gasteiger partial charge in [0.25, 0.3) is 0 Å². The predicted octanol–water partition coefficient (Wildman–Crippen LogP) is 1.17. The van der Waals surface area contributed by atoms with Gasteiger partial charge in [-0.2, -0.15) is 0 Å².